The molecule has 0 amide bonds. The second-order valence-corrected chi connectivity index (χ2v) is 7.56. The Labute approximate surface area is 176 Å². The van der Waals surface area contributed by atoms with Crippen LogP contribution < -0.4 is 9.47 Å². The highest BCUT2D eigenvalue weighted by Gasteiger charge is 2.15. The molecule has 0 aliphatic heterocycles. The summed E-state index contributed by atoms with van der Waals surface area (Å²) in [4.78, 5) is 2.11. The van der Waals surface area contributed by atoms with Gasteiger partial charge in [-0.25, -0.2) is 0 Å². The van der Waals surface area contributed by atoms with Crippen molar-refractivity contribution in [2.24, 2.45) is 0 Å². The van der Waals surface area contributed by atoms with E-state index >= 15 is 0 Å². The number of ether oxygens (including phenoxy) is 3. The molecule has 2 aromatic rings. The molecule has 0 saturated heterocycles. The monoisotopic (exact) mass is 397 g/mol. The number of allylic oxidation sites excluding steroid dienone is 1. The highest BCUT2D eigenvalue weighted by molar-refractivity contribution is 5.35. The van der Waals surface area contributed by atoms with Gasteiger partial charge in [0.2, 0.25) is 0 Å². The Balaban J connectivity index is 1.97. The number of likely N-dealkylation sites (N-methyl/N-ethyl adjacent to an activating group) is 1. The van der Waals surface area contributed by atoms with Crippen molar-refractivity contribution < 1.29 is 14.2 Å². The van der Waals surface area contributed by atoms with Crippen LogP contribution in [0.2, 0.25) is 0 Å². The van der Waals surface area contributed by atoms with Crippen LogP contribution in [0.15, 0.2) is 60.9 Å². The van der Waals surface area contributed by atoms with Gasteiger partial charge in [-0.1, -0.05) is 43.8 Å². The van der Waals surface area contributed by atoms with Crippen LogP contribution in [0.1, 0.15) is 30.9 Å². The van der Waals surface area contributed by atoms with Gasteiger partial charge in [0, 0.05) is 13.0 Å². The predicted molar refractivity (Wildman–Crippen MR) is 120 cm³/mol. The van der Waals surface area contributed by atoms with Gasteiger partial charge in [0.15, 0.2) is 0 Å². The molecule has 0 saturated carbocycles. The van der Waals surface area contributed by atoms with E-state index in [9.17, 15) is 0 Å². The van der Waals surface area contributed by atoms with Crippen LogP contribution in [-0.4, -0.2) is 45.4 Å². The third-order valence-electron chi connectivity index (χ3n) is 4.67. The van der Waals surface area contributed by atoms with Crippen LogP contribution in [0, 0.1) is 0 Å². The molecule has 0 unspecified atom stereocenters. The van der Waals surface area contributed by atoms with Crippen LogP contribution >= 0.6 is 0 Å². The molecular formula is C25H35NO3. The van der Waals surface area contributed by atoms with Crippen molar-refractivity contribution in [3.8, 4) is 11.5 Å². The molecule has 0 aromatic heterocycles. The Hall–Kier alpha value is -2.46. The zero-order chi connectivity index (χ0) is 21.1. The van der Waals surface area contributed by atoms with E-state index in [2.05, 4.69) is 42.7 Å². The minimum atomic E-state index is -0.0429. The lowest BCUT2D eigenvalue weighted by Crippen LogP contribution is -2.33. The molecule has 0 bridgehead atoms. The van der Waals surface area contributed by atoms with Crippen molar-refractivity contribution in [1.82, 2.24) is 4.90 Å². The number of aryl methyl sites for hydroxylation is 2. The van der Waals surface area contributed by atoms with Crippen molar-refractivity contribution in [2.75, 3.05) is 34.4 Å². The maximum absolute atomic E-state index is 6.19. The third-order valence-corrected chi connectivity index (χ3v) is 4.67. The molecule has 158 valence electrons. The molecule has 0 heterocycles. The van der Waals surface area contributed by atoms with Crippen molar-refractivity contribution in [3.05, 3.63) is 72.0 Å². The maximum Gasteiger partial charge on any atom is 0.145 e. The highest BCUT2D eigenvalue weighted by atomic mass is 16.5. The fourth-order valence-corrected chi connectivity index (χ4v) is 3.21. The molecule has 4 nitrogen and oxygen atoms in total. The average Bonchev–Trinajstić information content (AvgIpc) is 2.71. The Bertz CT molecular complexity index is 740. The van der Waals surface area contributed by atoms with Crippen LogP contribution in [0.5, 0.6) is 11.5 Å². The van der Waals surface area contributed by atoms with Crippen molar-refractivity contribution in [2.45, 2.75) is 38.7 Å². The summed E-state index contributed by atoms with van der Waals surface area (Å²) in [5.41, 5.74) is 2.49. The van der Waals surface area contributed by atoms with Crippen LogP contribution in [0.25, 0.3) is 0 Å². The number of rotatable bonds is 13. The molecule has 0 aliphatic carbocycles. The summed E-state index contributed by atoms with van der Waals surface area (Å²) in [6, 6.07) is 16.5. The van der Waals surface area contributed by atoms with Gasteiger partial charge in [0.05, 0.1) is 12.9 Å². The molecule has 0 N–H and O–H groups in total. The van der Waals surface area contributed by atoms with Gasteiger partial charge in [-0.05, 0) is 62.7 Å². The second kappa shape index (κ2) is 12.2. The average molecular weight is 398 g/mol. The SMILES string of the molecule is C=C(CCC)O[C@H](COc1ccccc1CCc1ccc(OC)cc1)CN(C)C. The van der Waals surface area contributed by atoms with Gasteiger partial charge >= 0.3 is 0 Å². The Morgan fingerprint density at radius 1 is 1.03 bits per heavy atom. The quantitative estimate of drug-likeness (QED) is 0.439. The summed E-state index contributed by atoms with van der Waals surface area (Å²) in [7, 11) is 5.77. The van der Waals surface area contributed by atoms with Crippen LogP contribution in [0.3, 0.4) is 0 Å². The summed E-state index contributed by atoms with van der Waals surface area (Å²) >= 11 is 0. The molecule has 0 radical (unpaired) electrons. The number of hydrogen-bond donors (Lipinski definition) is 0. The van der Waals surface area contributed by atoms with E-state index in [0.717, 1.165) is 49.5 Å². The molecule has 0 spiro atoms. The number of hydrogen-bond acceptors (Lipinski definition) is 4. The van der Waals surface area contributed by atoms with E-state index in [0.29, 0.717) is 6.61 Å². The summed E-state index contributed by atoms with van der Waals surface area (Å²) in [5, 5.41) is 0. The number of para-hydroxylation sites is 1. The fourth-order valence-electron chi connectivity index (χ4n) is 3.21. The van der Waals surface area contributed by atoms with E-state index in [4.69, 9.17) is 14.2 Å². The Morgan fingerprint density at radius 3 is 2.41 bits per heavy atom. The summed E-state index contributed by atoms with van der Waals surface area (Å²) < 4.78 is 17.5. The van der Waals surface area contributed by atoms with Crippen LogP contribution in [0.4, 0.5) is 0 Å². The minimum absolute atomic E-state index is 0.0429. The zero-order valence-corrected chi connectivity index (χ0v) is 18.3. The second-order valence-electron chi connectivity index (χ2n) is 7.56. The smallest absolute Gasteiger partial charge is 0.145 e. The number of nitrogens with zero attached hydrogens (tertiary/aromatic N) is 1. The van der Waals surface area contributed by atoms with Gasteiger partial charge in [0.1, 0.15) is 24.2 Å². The molecule has 29 heavy (non-hydrogen) atoms. The van der Waals surface area contributed by atoms with E-state index < -0.39 is 0 Å². The first-order chi connectivity index (χ1) is 14.0. The lowest BCUT2D eigenvalue weighted by atomic mass is 10.0. The maximum atomic E-state index is 6.19. The lowest BCUT2D eigenvalue weighted by molar-refractivity contribution is 0.0456. The zero-order valence-electron chi connectivity index (χ0n) is 18.3. The van der Waals surface area contributed by atoms with E-state index in [1.807, 2.05) is 38.4 Å². The Kier molecular flexibility index (Phi) is 9.58. The first-order valence-corrected chi connectivity index (χ1v) is 10.3. The minimum Gasteiger partial charge on any atom is -0.497 e. The molecule has 0 fully saturated rings. The standard InChI is InChI=1S/C25H35NO3/c1-6-9-20(2)29-24(18-26(3)4)19-28-25-11-8-7-10-22(25)15-12-21-13-16-23(27-5)17-14-21/h7-8,10-11,13-14,16-17,24H,2,6,9,12,15,18-19H2,1,3-5H3/t24-/m0/s1. The summed E-state index contributed by atoms with van der Waals surface area (Å²) in [5.74, 6) is 2.64. The van der Waals surface area contributed by atoms with Gasteiger partial charge < -0.3 is 19.1 Å². The molecule has 1 atom stereocenters. The van der Waals surface area contributed by atoms with Gasteiger partial charge in [-0.3, -0.25) is 0 Å². The first kappa shape index (κ1) is 22.8. The van der Waals surface area contributed by atoms with Crippen molar-refractivity contribution >= 4 is 0 Å². The summed E-state index contributed by atoms with van der Waals surface area (Å²) in [6.45, 7) is 7.45. The normalized spacial score (nSPS) is 11.9. The van der Waals surface area contributed by atoms with Gasteiger partial charge in [-0.2, -0.15) is 0 Å². The molecule has 2 rings (SSSR count). The number of benzene rings is 2. The highest BCUT2D eigenvalue weighted by Crippen LogP contribution is 2.22. The van der Waals surface area contributed by atoms with Crippen molar-refractivity contribution in [1.29, 1.82) is 0 Å². The first-order valence-electron chi connectivity index (χ1n) is 10.3. The predicted octanol–water partition coefficient (Wildman–Crippen LogP) is 5.12. The lowest BCUT2D eigenvalue weighted by Gasteiger charge is -2.24. The van der Waals surface area contributed by atoms with Crippen molar-refractivity contribution in [3.63, 3.8) is 0 Å². The topological polar surface area (TPSA) is 30.9 Å². The summed E-state index contributed by atoms with van der Waals surface area (Å²) in [6.07, 6.45) is 3.74. The molecular weight excluding hydrogens is 362 g/mol. The largest absolute Gasteiger partial charge is 0.497 e. The molecule has 0 aliphatic rings. The van der Waals surface area contributed by atoms with E-state index in [-0.39, 0.29) is 6.10 Å². The Morgan fingerprint density at radius 2 is 1.76 bits per heavy atom. The third kappa shape index (κ3) is 8.20. The van der Waals surface area contributed by atoms with Gasteiger partial charge in [0.25, 0.3) is 0 Å². The fraction of sp³-hybridized carbons (Fsp3) is 0.440. The molecule has 4 heteroatoms. The van der Waals surface area contributed by atoms with E-state index in [1.54, 1.807) is 7.11 Å². The molecule has 2 aromatic carbocycles. The van der Waals surface area contributed by atoms with Crippen LogP contribution in [-0.2, 0) is 17.6 Å². The van der Waals surface area contributed by atoms with Gasteiger partial charge in [-0.15, -0.1) is 0 Å². The number of methoxy groups -OCH3 is 1. The van der Waals surface area contributed by atoms with E-state index in [1.165, 1.54) is 11.1 Å².